The van der Waals surface area contributed by atoms with Crippen LogP contribution in [-0.2, 0) is 34.9 Å². The molecule has 2 aromatic rings. The van der Waals surface area contributed by atoms with E-state index in [0.29, 0.717) is 4.67 Å². The average molecular weight is 558 g/mol. The highest BCUT2D eigenvalue weighted by Gasteiger charge is 2.54. The standard InChI is InChI=1S/C19H23N6O10PS/c1-8-13(16(29)25(8)36(32,33)34-6-9-4-11(26)12(27)5-21-9)23-15(28)14(10-7-37-18(20)22-10)24-35-19(2,3)17(30)31/h4-5,7-8,13,27H,6H2,1-3H3,(H2,20,22)(H,21,26)(H,23,28)(H,30,31)(H,32,33)/b24-14-/t8-,13-/m0/s1. The first kappa shape index (κ1) is 27.8. The summed E-state index contributed by atoms with van der Waals surface area (Å²) in [6, 6.07) is -1.32. The number of aromatic nitrogens is 2. The first-order valence-corrected chi connectivity index (χ1v) is 12.8. The summed E-state index contributed by atoms with van der Waals surface area (Å²) >= 11 is 0.975. The van der Waals surface area contributed by atoms with Gasteiger partial charge >= 0.3 is 13.7 Å². The third-order valence-electron chi connectivity index (χ3n) is 5.12. The molecule has 16 nitrogen and oxygen atoms in total. The van der Waals surface area contributed by atoms with Gasteiger partial charge in [-0.05, 0) is 20.8 Å². The maximum absolute atomic E-state index is 12.9. The number of rotatable bonds is 10. The monoisotopic (exact) mass is 558 g/mol. The van der Waals surface area contributed by atoms with Crippen molar-refractivity contribution in [1.29, 1.82) is 0 Å². The van der Waals surface area contributed by atoms with Crippen LogP contribution >= 0.6 is 19.1 Å². The Kier molecular flexibility index (Phi) is 7.73. The Morgan fingerprint density at radius 2 is 2.08 bits per heavy atom. The van der Waals surface area contributed by atoms with Crippen molar-refractivity contribution in [3.63, 3.8) is 0 Å². The van der Waals surface area contributed by atoms with Gasteiger partial charge < -0.3 is 36.0 Å². The van der Waals surface area contributed by atoms with Crippen molar-refractivity contribution in [2.45, 2.75) is 45.1 Å². The van der Waals surface area contributed by atoms with Gasteiger partial charge in [-0.1, -0.05) is 5.16 Å². The second-order valence-corrected chi connectivity index (χ2v) is 10.8. The van der Waals surface area contributed by atoms with E-state index in [9.17, 15) is 38.8 Å². The summed E-state index contributed by atoms with van der Waals surface area (Å²) in [6.45, 7) is 3.22. The fraction of sp³-hybridized carbons (Fsp3) is 0.368. The molecule has 2 amide bonds. The topological polar surface area (TPSA) is 247 Å². The Bertz CT molecular complexity index is 1370. The molecule has 18 heteroatoms. The third-order valence-corrected chi connectivity index (χ3v) is 7.36. The minimum atomic E-state index is -4.71. The Balaban J connectivity index is 1.72. The van der Waals surface area contributed by atoms with E-state index < -0.39 is 66.7 Å². The maximum Gasteiger partial charge on any atom is 0.435 e. The summed E-state index contributed by atoms with van der Waals surface area (Å²) < 4.78 is 18.2. The fourth-order valence-electron chi connectivity index (χ4n) is 2.96. The van der Waals surface area contributed by atoms with E-state index in [4.69, 9.17) is 15.1 Å². The first-order chi connectivity index (χ1) is 17.1. The summed E-state index contributed by atoms with van der Waals surface area (Å²) in [5.41, 5.74) is 2.61. The number of aliphatic carboxylic acids is 1. The lowest BCUT2D eigenvalue weighted by Crippen LogP contribution is -2.68. The smallest absolute Gasteiger partial charge is 0.435 e. The number of hydrogen-bond donors (Lipinski definition) is 6. The molecular weight excluding hydrogens is 535 g/mol. The van der Waals surface area contributed by atoms with Gasteiger partial charge in [0.05, 0.1) is 12.6 Å². The number of carboxylic acids is 1. The van der Waals surface area contributed by atoms with E-state index in [-0.39, 0.29) is 16.5 Å². The molecule has 1 aliphatic heterocycles. The minimum absolute atomic E-state index is 0.0449. The number of thiazole rings is 1. The van der Waals surface area contributed by atoms with Gasteiger partial charge in [-0.25, -0.2) is 19.0 Å². The Labute approximate surface area is 212 Å². The fourth-order valence-corrected chi connectivity index (χ4v) is 4.91. The van der Waals surface area contributed by atoms with Crippen LogP contribution in [0.15, 0.2) is 27.6 Å². The molecule has 1 fully saturated rings. The number of nitrogen functional groups attached to an aromatic ring is 1. The molecule has 0 bridgehead atoms. The van der Waals surface area contributed by atoms with Crippen molar-refractivity contribution in [2.24, 2.45) is 5.16 Å². The average Bonchev–Trinajstić information content (AvgIpc) is 3.24. The van der Waals surface area contributed by atoms with Gasteiger partial charge in [0.15, 0.2) is 16.6 Å². The second kappa shape index (κ2) is 10.3. The predicted octanol–water partition coefficient (Wildman–Crippen LogP) is -0.264. The van der Waals surface area contributed by atoms with Gasteiger partial charge in [0.2, 0.25) is 11.0 Å². The van der Waals surface area contributed by atoms with E-state index in [1.807, 2.05) is 0 Å². The number of anilines is 1. The quantitative estimate of drug-likeness (QED) is 0.0955. The van der Waals surface area contributed by atoms with Crippen LogP contribution in [0.25, 0.3) is 0 Å². The number of H-pyrrole nitrogens is 1. The number of carboxylic acid groups (broad SMARTS) is 1. The molecule has 37 heavy (non-hydrogen) atoms. The zero-order chi connectivity index (χ0) is 27.7. The highest BCUT2D eigenvalue weighted by Crippen LogP contribution is 2.52. The van der Waals surface area contributed by atoms with Gasteiger partial charge in [-0.3, -0.25) is 18.9 Å². The predicted molar refractivity (Wildman–Crippen MR) is 127 cm³/mol. The normalized spacial score (nSPS) is 19.6. The maximum atomic E-state index is 12.9. The van der Waals surface area contributed by atoms with Crippen LogP contribution in [-0.4, -0.2) is 70.9 Å². The van der Waals surface area contributed by atoms with E-state index in [0.717, 1.165) is 23.6 Å². The van der Waals surface area contributed by atoms with E-state index in [1.54, 1.807) is 0 Å². The van der Waals surface area contributed by atoms with Gasteiger partial charge in [-0.15, -0.1) is 11.3 Å². The van der Waals surface area contributed by atoms with Gasteiger partial charge in [0, 0.05) is 23.3 Å². The zero-order valence-electron chi connectivity index (χ0n) is 19.6. The number of oxime groups is 1. The molecule has 0 aliphatic carbocycles. The highest BCUT2D eigenvalue weighted by molar-refractivity contribution is 7.51. The van der Waals surface area contributed by atoms with Crippen LogP contribution in [0.2, 0.25) is 0 Å². The molecule has 1 saturated heterocycles. The number of nitrogens with one attached hydrogen (secondary N) is 2. The summed E-state index contributed by atoms with van der Waals surface area (Å²) in [6.07, 6.45) is 0.975. The summed E-state index contributed by atoms with van der Waals surface area (Å²) in [5.74, 6) is -3.84. The van der Waals surface area contributed by atoms with Crippen molar-refractivity contribution in [1.82, 2.24) is 20.0 Å². The molecule has 3 atom stereocenters. The number of hydrogen-bond acceptors (Lipinski definition) is 12. The highest BCUT2D eigenvalue weighted by atomic mass is 32.1. The van der Waals surface area contributed by atoms with Gasteiger partial charge in [0.1, 0.15) is 11.7 Å². The van der Waals surface area contributed by atoms with Gasteiger partial charge in [-0.2, -0.15) is 0 Å². The molecular formula is C19H23N6O10PS. The SMILES string of the molecule is C[C@H]1[C@H](NC(=O)/C(=N\OC(C)(C)C(=O)O)c2csc(N)n2)C(=O)N1[P@@](=O)(O)OCc1cc(=O)c(O)c[nH]1. The van der Waals surface area contributed by atoms with Crippen LogP contribution in [0.4, 0.5) is 5.13 Å². The number of nitrogens with zero attached hydrogens (tertiary/aromatic N) is 3. The van der Waals surface area contributed by atoms with Gasteiger partial charge in [0.25, 0.3) is 11.8 Å². The molecule has 3 heterocycles. The lowest BCUT2D eigenvalue weighted by Gasteiger charge is -2.45. The van der Waals surface area contributed by atoms with Crippen molar-refractivity contribution < 1.29 is 43.4 Å². The number of aromatic hydroxyl groups is 1. The van der Waals surface area contributed by atoms with Crippen LogP contribution < -0.4 is 16.5 Å². The molecule has 200 valence electrons. The minimum Gasteiger partial charge on any atom is -0.503 e. The molecule has 0 unspecified atom stereocenters. The Morgan fingerprint density at radius 1 is 1.41 bits per heavy atom. The molecule has 0 saturated carbocycles. The number of carbonyl (C=O) groups excluding carboxylic acids is 2. The number of carbonyl (C=O) groups is 3. The third kappa shape index (κ3) is 5.96. The number of amides is 2. The molecule has 7 N–H and O–H groups in total. The Hall–Kier alpha value is -3.79. The van der Waals surface area contributed by atoms with Crippen LogP contribution in [0.1, 0.15) is 32.2 Å². The molecule has 0 radical (unpaired) electrons. The molecule has 0 spiro atoms. The summed E-state index contributed by atoms with van der Waals surface area (Å²) in [4.78, 5) is 70.1. The number of β-lactam (4-membered cyclic amide) rings is 1. The number of pyridine rings is 1. The second-order valence-electron chi connectivity index (χ2n) is 8.26. The van der Waals surface area contributed by atoms with Crippen molar-refractivity contribution in [3.05, 3.63) is 39.3 Å². The van der Waals surface area contributed by atoms with E-state index in [1.165, 1.54) is 26.2 Å². The van der Waals surface area contributed by atoms with E-state index >= 15 is 0 Å². The summed E-state index contributed by atoms with van der Waals surface area (Å²) in [7, 11) is -4.71. The lowest BCUT2D eigenvalue weighted by molar-refractivity contribution is -0.161. The lowest BCUT2D eigenvalue weighted by atomic mass is 10.0. The van der Waals surface area contributed by atoms with Crippen LogP contribution in [0, 0.1) is 0 Å². The van der Waals surface area contributed by atoms with Crippen LogP contribution in [0.5, 0.6) is 5.75 Å². The Morgan fingerprint density at radius 3 is 2.62 bits per heavy atom. The van der Waals surface area contributed by atoms with Crippen molar-refractivity contribution >= 4 is 47.7 Å². The van der Waals surface area contributed by atoms with Crippen molar-refractivity contribution in [2.75, 3.05) is 5.73 Å². The first-order valence-electron chi connectivity index (χ1n) is 10.4. The van der Waals surface area contributed by atoms with E-state index in [2.05, 4.69) is 20.4 Å². The molecule has 3 rings (SSSR count). The summed E-state index contributed by atoms with van der Waals surface area (Å²) in [5, 5.41) is 25.9. The van der Waals surface area contributed by atoms with Crippen LogP contribution in [0.3, 0.4) is 0 Å². The zero-order valence-corrected chi connectivity index (χ0v) is 21.3. The van der Waals surface area contributed by atoms with Crippen molar-refractivity contribution in [3.8, 4) is 5.75 Å². The molecule has 2 aromatic heterocycles. The molecule has 1 aliphatic rings. The largest absolute Gasteiger partial charge is 0.503 e. The number of nitrogens with two attached hydrogens (primary N) is 1. The number of aromatic amines is 1. The molecule has 0 aromatic carbocycles.